The molecule has 2 N–H and O–H groups in total. The zero-order valence-corrected chi connectivity index (χ0v) is 12.6. The van der Waals surface area contributed by atoms with Gasteiger partial charge in [-0.1, -0.05) is 35.6 Å². The molecule has 22 heavy (non-hydrogen) atoms. The molecule has 110 valence electrons. The Kier molecular flexibility index (Phi) is 4.06. The maximum atomic E-state index is 9.62. The smallest absolute Gasteiger partial charge is 0.231 e. The van der Waals surface area contributed by atoms with Crippen LogP contribution >= 0.6 is 11.3 Å². The number of hydrogen-bond donors (Lipinski definition) is 2. The summed E-state index contributed by atoms with van der Waals surface area (Å²) in [5.41, 5.74) is 4.16. The number of rotatable bonds is 3. The van der Waals surface area contributed by atoms with Crippen molar-refractivity contribution in [2.45, 2.75) is 6.92 Å². The van der Waals surface area contributed by atoms with E-state index in [1.54, 1.807) is 31.2 Å². The topological polar surface area (TPSA) is 82.2 Å². The van der Waals surface area contributed by atoms with Crippen LogP contribution < -0.4 is 5.43 Å². The predicted octanol–water partition coefficient (Wildman–Crippen LogP) is 4.53. The van der Waals surface area contributed by atoms with Gasteiger partial charge in [-0.25, -0.2) is 4.98 Å². The molecule has 0 amide bonds. The van der Waals surface area contributed by atoms with Crippen LogP contribution in [0.1, 0.15) is 6.92 Å². The predicted molar refractivity (Wildman–Crippen MR) is 89.0 cm³/mol. The van der Waals surface area contributed by atoms with Gasteiger partial charge in [-0.15, -0.1) is 10.2 Å². The summed E-state index contributed by atoms with van der Waals surface area (Å²) in [7, 11) is 0. The highest BCUT2D eigenvalue weighted by Crippen LogP contribution is 2.27. The first-order chi connectivity index (χ1) is 10.7. The van der Waals surface area contributed by atoms with Gasteiger partial charge in [-0.05, 0) is 31.2 Å². The van der Waals surface area contributed by atoms with Gasteiger partial charge >= 0.3 is 0 Å². The van der Waals surface area contributed by atoms with E-state index in [1.807, 2.05) is 24.3 Å². The number of thiazole rings is 1. The Labute approximate surface area is 130 Å². The van der Waals surface area contributed by atoms with Gasteiger partial charge in [0.05, 0.1) is 15.9 Å². The van der Waals surface area contributed by atoms with Gasteiger partial charge in [-0.2, -0.15) is 5.10 Å². The molecule has 0 unspecified atom stereocenters. The van der Waals surface area contributed by atoms with Gasteiger partial charge in [0, 0.05) is 0 Å². The second kappa shape index (κ2) is 6.31. The summed E-state index contributed by atoms with van der Waals surface area (Å²) in [4.78, 5) is 4.36. The van der Waals surface area contributed by atoms with E-state index in [0.29, 0.717) is 16.7 Å². The monoisotopic (exact) mass is 311 g/mol. The lowest BCUT2D eigenvalue weighted by atomic mass is 10.3. The lowest BCUT2D eigenvalue weighted by Crippen LogP contribution is -1.94. The number of nitrogens with one attached hydrogen (secondary N) is 1. The van der Waals surface area contributed by atoms with Crippen molar-refractivity contribution in [3.05, 3.63) is 48.5 Å². The number of anilines is 1. The van der Waals surface area contributed by atoms with E-state index in [2.05, 4.69) is 25.7 Å². The average molecular weight is 311 g/mol. The highest BCUT2D eigenvalue weighted by Gasteiger charge is 2.01. The lowest BCUT2D eigenvalue weighted by molar-refractivity contribution is 0.477. The summed E-state index contributed by atoms with van der Waals surface area (Å²) in [6.45, 7) is 1.71. The number of hydrazone groups is 1. The van der Waals surface area contributed by atoms with E-state index in [9.17, 15) is 5.11 Å². The van der Waals surface area contributed by atoms with Crippen LogP contribution in [0.25, 0.3) is 10.2 Å². The number of aromatic nitrogens is 1. The SMILES string of the molecule is CC(N=Nc1nc2ccccc2s1)=NNc1ccccc1O. The van der Waals surface area contributed by atoms with E-state index in [-0.39, 0.29) is 5.75 Å². The van der Waals surface area contributed by atoms with Crippen molar-refractivity contribution >= 4 is 38.2 Å². The third-order valence-electron chi connectivity index (χ3n) is 2.81. The molecule has 1 aromatic heterocycles. The van der Waals surface area contributed by atoms with Crippen LogP contribution in [-0.2, 0) is 0 Å². The van der Waals surface area contributed by atoms with Gasteiger partial charge in [-0.3, -0.25) is 5.43 Å². The second-order valence-corrected chi connectivity index (χ2v) is 5.46. The van der Waals surface area contributed by atoms with E-state index < -0.39 is 0 Å². The number of para-hydroxylation sites is 3. The molecule has 0 saturated heterocycles. The maximum absolute atomic E-state index is 9.62. The molecule has 0 aliphatic heterocycles. The van der Waals surface area contributed by atoms with Gasteiger partial charge < -0.3 is 5.11 Å². The molecule has 1 heterocycles. The van der Waals surface area contributed by atoms with Gasteiger partial charge in [0.2, 0.25) is 5.13 Å². The Hall–Kier alpha value is -2.80. The van der Waals surface area contributed by atoms with Crippen LogP contribution in [0.5, 0.6) is 5.75 Å². The molecule has 3 aromatic rings. The zero-order valence-electron chi connectivity index (χ0n) is 11.8. The summed E-state index contributed by atoms with van der Waals surface area (Å²) in [5, 5.41) is 22.3. The minimum absolute atomic E-state index is 0.127. The van der Waals surface area contributed by atoms with Crippen molar-refractivity contribution in [3.63, 3.8) is 0 Å². The number of phenolic OH excluding ortho intramolecular Hbond substituents is 1. The molecule has 7 heteroatoms. The fourth-order valence-corrected chi connectivity index (χ4v) is 2.54. The normalized spacial score (nSPS) is 12.1. The van der Waals surface area contributed by atoms with Crippen LogP contribution in [0, 0.1) is 0 Å². The van der Waals surface area contributed by atoms with Crippen molar-refractivity contribution in [1.82, 2.24) is 4.98 Å². The molecular formula is C15H13N5OS. The summed E-state index contributed by atoms with van der Waals surface area (Å²) < 4.78 is 1.07. The van der Waals surface area contributed by atoms with Crippen LogP contribution in [0.4, 0.5) is 10.8 Å². The van der Waals surface area contributed by atoms with Gasteiger partial charge in [0.15, 0.2) is 5.84 Å². The summed E-state index contributed by atoms with van der Waals surface area (Å²) in [5.74, 6) is 0.560. The van der Waals surface area contributed by atoms with E-state index in [1.165, 1.54) is 11.3 Å². The fraction of sp³-hybridized carbons (Fsp3) is 0.0667. The standard InChI is InChI=1S/C15H13N5OS/c1-10(17-19-11-6-2-4-8-13(11)21)18-20-15-16-12-7-3-5-9-14(12)22-15/h2-9,19,21H,1H3. The number of azo groups is 1. The first-order valence-corrected chi connectivity index (χ1v) is 7.39. The van der Waals surface area contributed by atoms with Crippen molar-refractivity contribution in [1.29, 1.82) is 0 Å². The number of fused-ring (bicyclic) bond motifs is 1. The Bertz CT molecular complexity index is 823. The Morgan fingerprint density at radius 1 is 1.14 bits per heavy atom. The highest BCUT2D eigenvalue weighted by molar-refractivity contribution is 7.21. The quantitative estimate of drug-likeness (QED) is 0.245. The molecule has 0 atom stereocenters. The molecule has 0 spiro atoms. The minimum atomic E-state index is 0.127. The number of aromatic hydroxyl groups is 1. The fourth-order valence-electron chi connectivity index (χ4n) is 1.75. The number of hydrogen-bond acceptors (Lipinski definition) is 6. The molecule has 0 fully saturated rings. The lowest BCUT2D eigenvalue weighted by Gasteiger charge is -2.02. The molecule has 2 aromatic carbocycles. The highest BCUT2D eigenvalue weighted by atomic mass is 32.1. The molecule has 0 radical (unpaired) electrons. The minimum Gasteiger partial charge on any atom is -0.506 e. The van der Waals surface area contributed by atoms with Crippen molar-refractivity contribution in [3.8, 4) is 5.75 Å². The van der Waals surface area contributed by atoms with Crippen LogP contribution in [0.3, 0.4) is 0 Å². The molecule has 3 rings (SSSR count). The van der Waals surface area contributed by atoms with Gasteiger partial charge in [0.25, 0.3) is 0 Å². The third kappa shape index (κ3) is 3.26. The van der Waals surface area contributed by atoms with Crippen molar-refractivity contribution < 1.29 is 5.11 Å². The molecule has 0 saturated carbocycles. The first kappa shape index (κ1) is 14.2. The van der Waals surface area contributed by atoms with Crippen molar-refractivity contribution in [2.75, 3.05) is 5.43 Å². The first-order valence-electron chi connectivity index (χ1n) is 6.58. The summed E-state index contributed by atoms with van der Waals surface area (Å²) in [6, 6.07) is 14.7. The maximum Gasteiger partial charge on any atom is 0.231 e. The molecule has 0 bridgehead atoms. The second-order valence-electron chi connectivity index (χ2n) is 4.45. The third-order valence-corrected chi connectivity index (χ3v) is 3.73. The molecule has 6 nitrogen and oxygen atoms in total. The zero-order chi connectivity index (χ0) is 15.4. The van der Waals surface area contributed by atoms with Crippen LogP contribution in [-0.4, -0.2) is 15.9 Å². The Morgan fingerprint density at radius 2 is 1.91 bits per heavy atom. The van der Waals surface area contributed by atoms with Gasteiger partial charge in [0.1, 0.15) is 5.75 Å². The van der Waals surface area contributed by atoms with Crippen molar-refractivity contribution in [2.24, 2.45) is 15.3 Å². The number of benzene rings is 2. The summed E-state index contributed by atoms with van der Waals surface area (Å²) >= 11 is 1.47. The van der Waals surface area contributed by atoms with E-state index in [4.69, 9.17) is 0 Å². The van der Waals surface area contributed by atoms with Crippen LogP contribution in [0.2, 0.25) is 0 Å². The number of phenols is 1. The molecule has 0 aliphatic carbocycles. The van der Waals surface area contributed by atoms with Crippen LogP contribution in [0.15, 0.2) is 63.9 Å². The molecular weight excluding hydrogens is 298 g/mol. The van der Waals surface area contributed by atoms with E-state index in [0.717, 1.165) is 10.2 Å². The Morgan fingerprint density at radius 3 is 2.73 bits per heavy atom. The number of amidine groups is 1. The molecule has 0 aliphatic rings. The summed E-state index contributed by atoms with van der Waals surface area (Å²) in [6.07, 6.45) is 0. The largest absolute Gasteiger partial charge is 0.506 e. The Balaban J connectivity index is 1.71. The number of nitrogens with zero attached hydrogens (tertiary/aromatic N) is 4. The van der Waals surface area contributed by atoms with E-state index >= 15 is 0 Å². The average Bonchev–Trinajstić information content (AvgIpc) is 2.95.